The van der Waals surface area contributed by atoms with Crippen molar-refractivity contribution in [2.75, 3.05) is 18.5 Å². The van der Waals surface area contributed by atoms with Crippen molar-refractivity contribution in [3.8, 4) is 16.9 Å². The van der Waals surface area contributed by atoms with Crippen LogP contribution in [0.5, 0.6) is 5.75 Å². The number of benzene rings is 4. The van der Waals surface area contributed by atoms with Crippen molar-refractivity contribution in [2.45, 2.75) is 77.4 Å². The van der Waals surface area contributed by atoms with Crippen LogP contribution in [0.25, 0.3) is 11.1 Å². The van der Waals surface area contributed by atoms with Crippen molar-refractivity contribution >= 4 is 11.8 Å². The molecule has 0 saturated carbocycles. The second-order valence-electron chi connectivity index (χ2n) is 12.8. The fourth-order valence-corrected chi connectivity index (χ4v) is 5.50. The van der Waals surface area contributed by atoms with Crippen LogP contribution in [-0.4, -0.2) is 36.2 Å². The molecular weight excluding hydrogens is 576 g/mol. The maximum absolute atomic E-state index is 12.0. The van der Waals surface area contributed by atoms with E-state index in [1.165, 1.54) is 11.1 Å². The Morgan fingerprint density at radius 2 is 1.70 bits per heavy atom. The number of rotatable bonds is 12. The normalized spacial score (nSPS) is 15.5. The van der Waals surface area contributed by atoms with Crippen LogP contribution >= 0.6 is 0 Å². The number of anilines is 1. The summed E-state index contributed by atoms with van der Waals surface area (Å²) in [5.41, 5.74) is 6.41. The van der Waals surface area contributed by atoms with Crippen LogP contribution in [0.2, 0.25) is 0 Å². The van der Waals surface area contributed by atoms with Gasteiger partial charge in [0.05, 0.1) is 6.61 Å². The molecule has 1 amide bonds. The van der Waals surface area contributed by atoms with Gasteiger partial charge in [-0.05, 0) is 92.5 Å². The van der Waals surface area contributed by atoms with Gasteiger partial charge in [0.15, 0.2) is 6.29 Å². The number of aliphatic hydroxyl groups is 1. The van der Waals surface area contributed by atoms with Gasteiger partial charge >= 0.3 is 6.09 Å². The van der Waals surface area contributed by atoms with E-state index in [4.69, 9.17) is 14.2 Å². The lowest BCUT2D eigenvalue weighted by atomic mass is 9.96. The van der Waals surface area contributed by atoms with Crippen LogP contribution < -0.4 is 15.4 Å². The van der Waals surface area contributed by atoms with E-state index in [0.717, 1.165) is 60.0 Å². The highest BCUT2D eigenvalue weighted by Crippen LogP contribution is 2.34. The van der Waals surface area contributed by atoms with Gasteiger partial charge in [-0.25, -0.2) is 4.79 Å². The Morgan fingerprint density at radius 1 is 0.913 bits per heavy atom. The molecule has 1 fully saturated rings. The lowest BCUT2D eigenvalue weighted by Crippen LogP contribution is -2.33. The Bertz CT molecular complexity index is 1540. The smallest absolute Gasteiger partial charge is 0.407 e. The number of amides is 1. The van der Waals surface area contributed by atoms with Crippen LogP contribution in [0.3, 0.4) is 0 Å². The maximum Gasteiger partial charge on any atom is 0.407 e. The van der Waals surface area contributed by atoms with Crippen molar-refractivity contribution in [3.63, 3.8) is 0 Å². The zero-order valence-electron chi connectivity index (χ0n) is 27.1. The number of ether oxygens (including phenoxy) is 3. The van der Waals surface area contributed by atoms with Crippen LogP contribution in [0.4, 0.5) is 10.5 Å². The van der Waals surface area contributed by atoms with E-state index in [0.29, 0.717) is 25.4 Å². The minimum atomic E-state index is -0.876. The highest BCUT2D eigenvalue weighted by atomic mass is 16.7. The molecule has 46 heavy (non-hydrogen) atoms. The molecule has 0 aliphatic carbocycles. The number of hydrogen-bond acceptors (Lipinski definition) is 6. The average Bonchev–Trinajstić information content (AvgIpc) is 3.06. The average molecular weight is 623 g/mol. The predicted molar refractivity (Wildman–Crippen MR) is 183 cm³/mol. The van der Waals surface area contributed by atoms with Crippen LogP contribution in [0.15, 0.2) is 97.1 Å². The maximum atomic E-state index is 12.0. The molecular formula is C39H46N2O5. The van der Waals surface area contributed by atoms with Crippen molar-refractivity contribution in [1.82, 2.24) is 5.32 Å². The van der Waals surface area contributed by atoms with Crippen LogP contribution in [-0.2, 0) is 22.4 Å². The number of nitrogens with one attached hydrogen (secondary N) is 2. The molecule has 3 N–H and O–H groups in total. The summed E-state index contributed by atoms with van der Waals surface area (Å²) < 4.78 is 17.3. The second-order valence-corrected chi connectivity index (χ2v) is 12.8. The Balaban J connectivity index is 1.28. The number of alkyl carbamates (subject to hydrolysis) is 1. The van der Waals surface area contributed by atoms with Gasteiger partial charge in [-0.2, -0.15) is 0 Å². The first-order valence-corrected chi connectivity index (χ1v) is 16.3. The molecule has 5 rings (SSSR count). The lowest BCUT2D eigenvalue weighted by Gasteiger charge is -2.25. The van der Waals surface area contributed by atoms with Crippen molar-refractivity contribution in [2.24, 2.45) is 0 Å². The molecule has 0 spiro atoms. The number of aliphatic hydroxyl groups excluding tert-OH is 1. The zero-order chi connectivity index (χ0) is 32.4. The summed E-state index contributed by atoms with van der Waals surface area (Å²) in [6.07, 6.45) is 2.90. The molecule has 2 atom stereocenters. The third-order valence-electron chi connectivity index (χ3n) is 7.84. The molecule has 4 aromatic carbocycles. The summed E-state index contributed by atoms with van der Waals surface area (Å²) in [5.74, 6) is 0.670. The molecule has 7 heteroatoms. The van der Waals surface area contributed by atoms with Crippen molar-refractivity contribution in [3.05, 3.63) is 119 Å². The molecule has 0 radical (unpaired) electrons. The topological polar surface area (TPSA) is 89.1 Å². The molecule has 0 aromatic heterocycles. The summed E-state index contributed by atoms with van der Waals surface area (Å²) in [6.45, 7) is 7.34. The Kier molecular flexibility index (Phi) is 11.3. The SMILES string of the molecule is CC(C)(C)OC(=O)NCCCc1cccc(C(O)c2cc(OC3CCCCO3)ccc2NCc2ccc(-c3ccccc3)cc2)c1. The summed E-state index contributed by atoms with van der Waals surface area (Å²) in [4.78, 5) is 12.0. The third kappa shape index (κ3) is 9.83. The van der Waals surface area contributed by atoms with Gasteiger partial charge in [-0.3, -0.25) is 0 Å². The lowest BCUT2D eigenvalue weighted by molar-refractivity contribution is -0.105. The van der Waals surface area contributed by atoms with Gasteiger partial charge in [0.2, 0.25) is 0 Å². The minimum absolute atomic E-state index is 0.279. The first kappa shape index (κ1) is 33.0. The quantitative estimate of drug-likeness (QED) is 0.138. The standard InChI is InChI=1S/C39H46N2O5/c1-39(2,3)46-38(43)40-23-10-12-28-11-9-15-32(25-28)37(42)34-26-33(45-36-16-7-8-24-44-36)21-22-35(34)41-27-29-17-19-31(20-18-29)30-13-5-4-6-14-30/h4-6,9,11,13-15,17-22,25-26,36-37,41-42H,7-8,10,12,16,23-24,27H2,1-3H3,(H,40,43). The molecule has 1 heterocycles. The van der Waals surface area contributed by atoms with Gasteiger partial charge in [-0.1, -0.05) is 78.9 Å². The summed E-state index contributed by atoms with van der Waals surface area (Å²) in [5, 5.41) is 18.1. The van der Waals surface area contributed by atoms with E-state index < -0.39 is 17.8 Å². The van der Waals surface area contributed by atoms with Gasteiger partial charge in [0.25, 0.3) is 0 Å². The molecule has 1 saturated heterocycles. The van der Waals surface area contributed by atoms with Gasteiger partial charge in [-0.15, -0.1) is 0 Å². The Morgan fingerprint density at radius 3 is 2.43 bits per heavy atom. The van der Waals surface area contributed by atoms with Gasteiger partial charge < -0.3 is 30.0 Å². The van der Waals surface area contributed by atoms with Gasteiger partial charge in [0, 0.05) is 30.8 Å². The van der Waals surface area contributed by atoms with Crippen molar-refractivity contribution < 1.29 is 24.1 Å². The Hall–Kier alpha value is -4.33. The second kappa shape index (κ2) is 15.8. The summed E-state index contributed by atoms with van der Waals surface area (Å²) in [6, 6.07) is 32.7. The van der Waals surface area contributed by atoms with E-state index >= 15 is 0 Å². The number of carbonyl (C=O) groups excluding carboxylic acids is 1. The number of carbonyl (C=O) groups is 1. The molecule has 1 aliphatic rings. The van der Waals surface area contributed by atoms with Crippen molar-refractivity contribution in [1.29, 1.82) is 0 Å². The predicted octanol–water partition coefficient (Wildman–Crippen LogP) is 8.41. The summed E-state index contributed by atoms with van der Waals surface area (Å²) in [7, 11) is 0. The van der Waals surface area contributed by atoms with E-state index in [1.807, 2.05) is 81.4 Å². The molecule has 4 aromatic rings. The fraction of sp³-hybridized carbons (Fsp3) is 0.359. The number of hydrogen-bond donors (Lipinski definition) is 3. The molecule has 242 valence electrons. The van der Waals surface area contributed by atoms with E-state index in [2.05, 4.69) is 47.0 Å². The largest absolute Gasteiger partial charge is 0.465 e. The zero-order valence-corrected chi connectivity index (χ0v) is 27.1. The highest BCUT2D eigenvalue weighted by molar-refractivity contribution is 5.67. The van der Waals surface area contributed by atoms with Crippen LogP contribution in [0.1, 0.15) is 74.8 Å². The highest BCUT2D eigenvalue weighted by Gasteiger charge is 2.20. The molecule has 0 bridgehead atoms. The Labute approximate surface area is 272 Å². The fourth-order valence-electron chi connectivity index (χ4n) is 5.50. The molecule has 2 unspecified atom stereocenters. The monoisotopic (exact) mass is 622 g/mol. The first-order chi connectivity index (χ1) is 22.2. The van der Waals surface area contributed by atoms with E-state index in [-0.39, 0.29) is 6.29 Å². The van der Waals surface area contributed by atoms with E-state index in [1.54, 1.807) is 0 Å². The molecule has 1 aliphatic heterocycles. The third-order valence-corrected chi connectivity index (χ3v) is 7.84. The summed E-state index contributed by atoms with van der Waals surface area (Å²) >= 11 is 0. The van der Waals surface area contributed by atoms with Crippen LogP contribution in [0, 0.1) is 0 Å². The minimum Gasteiger partial charge on any atom is -0.465 e. The van der Waals surface area contributed by atoms with E-state index in [9.17, 15) is 9.90 Å². The first-order valence-electron chi connectivity index (χ1n) is 16.3. The van der Waals surface area contributed by atoms with Gasteiger partial charge in [0.1, 0.15) is 17.5 Å². The molecule has 7 nitrogen and oxygen atoms in total. The number of aryl methyl sites for hydroxylation is 1.